The van der Waals surface area contributed by atoms with Gasteiger partial charge in [0.15, 0.2) is 5.75 Å². The fraction of sp³-hybridized carbons (Fsp3) is 0.152. The summed E-state index contributed by atoms with van der Waals surface area (Å²) in [4.78, 5) is 36.5. The number of nitrogens with zero attached hydrogens (tertiary/aromatic N) is 1. The number of methoxy groups -OCH3 is 1. The lowest BCUT2D eigenvalue weighted by Crippen LogP contribution is -2.46. The van der Waals surface area contributed by atoms with E-state index >= 15 is 0 Å². The van der Waals surface area contributed by atoms with Crippen LogP contribution in [0.25, 0.3) is 10.8 Å². The molecule has 0 saturated heterocycles. The Balaban J connectivity index is 1.53. The van der Waals surface area contributed by atoms with E-state index in [4.69, 9.17) is 38.3 Å². The van der Waals surface area contributed by atoms with Gasteiger partial charge in [0, 0.05) is 0 Å². The maximum atomic E-state index is 11.4. The predicted octanol–water partition coefficient (Wildman–Crippen LogP) is 7.28. The van der Waals surface area contributed by atoms with Crippen LogP contribution in [0.1, 0.15) is 12.5 Å². The molecule has 5 aromatic rings. The van der Waals surface area contributed by atoms with Crippen LogP contribution in [-0.4, -0.2) is 36.1 Å². The summed E-state index contributed by atoms with van der Waals surface area (Å²) in [6.45, 7) is 1.84. The molecule has 1 N–H and O–H groups in total. The topological polar surface area (TPSA) is 133 Å². The van der Waals surface area contributed by atoms with Gasteiger partial charge in [0.25, 0.3) is 0 Å². The summed E-state index contributed by atoms with van der Waals surface area (Å²) in [5.41, 5.74) is 0.667. The summed E-state index contributed by atoms with van der Waals surface area (Å²) in [6, 6.07) is 30.3. The Kier molecular flexibility index (Phi) is 10.1. The molecule has 12 nitrogen and oxygen atoms in total. The number of rotatable bonds is 15. The molecule has 0 aliphatic carbocycles. The zero-order valence-electron chi connectivity index (χ0n) is 24.3. The van der Waals surface area contributed by atoms with Crippen molar-refractivity contribution in [2.24, 2.45) is 0 Å². The SMILES string of the molecule is CCOc1c(OC)cnc(OOC(OCc2ccccc2)(OOC(=O)O)Oc2ccc3ccccc3c2)c1Oc1ccccc1. The van der Waals surface area contributed by atoms with Crippen LogP contribution in [0, 0.1) is 0 Å². The maximum absolute atomic E-state index is 11.4. The molecule has 0 bridgehead atoms. The molecule has 12 heteroatoms. The summed E-state index contributed by atoms with van der Waals surface area (Å²) in [6.07, 6.45) is -3.23. The molecule has 4 aromatic carbocycles. The number of carbonyl (C=O) groups is 1. The maximum Gasteiger partial charge on any atom is 0.538 e. The third-order valence-corrected chi connectivity index (χ3v) is 6.05. The first kappa shape index (κ1) is 30.9. The number of benzene rings is 4. The Morgan fingerprint density at radius 1 is 0.822 bits per heavy atom. The number of hydrogen-bond acceptors (Lipinski definition) is 11. The summed E-state index contributed by atoms with van der Waals surface area (Å²) >= 11 is 0. The number of carboxylic acid groups (broad SMARTS) is 1. The van der Waals surface area contributed by atoms with Gasteiger partial charge in [-0.1, -0.05) is 88.6 Å². The lowest BCUT2D eigenvalue weighted by atomic mass is 10.1. The molecule has 0 radical (unpaired) electrons. The van der Waals surface area contributed by atoms with Crippen molar-refractivity contribution in [3.05, 3.63) is 115 Å². The van der Waals surface area contributed by atoms with Gasteiger partial charge in [-0.15, -0.1) is 0 Å². The monoisotopic (exact) mass is 615 g/mol. The van der Waals surface area contributed by atoms with Crippen molar-refractivity contribution in [3.63, 3.8) is 0 Å². The quantitative estimate of drug-likeness (QED) is 0.0721. The van der Waals surface area contributed by atoms with Gasteiger partial charge in [0.1, 0.15) is 11.5 Å². The lowest BCUT2D eigenvalue weighted by Gasteiger charge is -2.28. The second-order valence-corrected chi connectivity index (χ2v) is 9.12. The first-order valence-electron chi connectivity index (χ1n) is 13.7. The van der Waals surface area contributed by atoms with Gasteiger partial charge in [-0.2, -0.15) is 0 Å². The van der Waals surface area contributed by atoms with Crippen LogP contribution in [0.3, 0.4) is 0 Å². The van der Waals surface area contributed by atoms with Gasteiger partial charge in [0.2, 0.25) is 11.5 Å². The predicted molar refractivity (Wildman–Crippen MR) is 159 cm³/mol. The van der Waals surface area contributed by atoms with Crippen LogP contribution in [0.5, 0.6) is 34.6 Å². The van der Waals surface area contributed by atoms with Crippen LogP contribution in [0.2, 0.25) is 0 Å². The highest BCUT2D eigenvalue weighted by atomic mass is 17.4. The van der Waals surface area contributed by atoms with E-state index < -0.39 is 12.3 Å². The molecule has 0 saturated carbocycles. The molecule has 1 heterocycles. The minimum atomic E-state index is -2.76. The van der Waals surface area contributed by atoms with Crippen molar-refractivity contribution in [2.45, 2.75) is 19.7 Å². The highest BCUT2D eigenvalue weighted by Gasteiger charge is 2.45. The van der Waals surface area contributed by atoms with E-state index in [9.17, 15) is 9.90 Å². The third-order valence-electron chi connectivity index (χ3n) is 6.05. The fourth-order valence-corrected chi connectivity index (χ4v) is 4.05. The van der Waals surface area contributed by atoms with Gasteiger partial charge in [0.05, 0.1) is 26.5 Å². The fourth-order valence-electron chi connectivity index (χ4n) is 4.05. The molecule has 1 atom stereocenters. The van der Waals surface area contributed by atoms with Crippen molar-refractivity contribution >= 4 is 16.9 Å². The molecule has 0 aliphatic heterocycles. The Hall–Kier alpha value is -5.56. The van der Waals surface area contributed by atoms with Crippen molar-refractivity contribution in [2.75, 3.05) is 13.7 Å². The summed E-state index contributed by atoms with van der Waals surface area (Å²) in [5.74, 6) is 0.702. The molecule has 5 rings (SSSR count). The first-order chi connectivity index (χ1) is 22.0. The number of hydrogen-bond donors (Lipinski definition) is 1. The van der Waals surface area contributed by atoms with Crippen LogP contribution in [0.15, 0.2) is 109 Å². The molecule has 45 heavy (non-hydrogen) atoms. The number of ether oxygens (including phenoxy) is 5. The van der Waals surface area contributed by atoms with Crippen molar-refractivity contribution < 1.29 is 53.1 Å². The van der Waals surface area contributed by atoms with Gasteiger partial charge < -0.3 is 28.9 Å². The van der Waals surface area contributed by atoms with E-state index in [0.29, 0.717) is 11.3 Å². The van der Waals surface area contributed by atoms with E-state index in [-0.39, 0.29) is 42.1 Å². The average molecular weight is 616 g/mol. The van der Waals surface area contributed by atoms with Crippen molar-refractivity contribution in [1.82, 2.24) is 4.98 Å². The zero-order valence-corrected chi connectivity index (χ0v) is 24.3. The minimum absolute atomic E-state index is 0.0239. The Labute approximate surface area is 258 Å². The van der Waals surface area contributed by atoms with Crippen LogP contribution in [-0.2, 0) is 26.0 Å². The second-order valence-electron chi connectivity index (χ2n) is 9.12. The van der Waals surface area contributed by atoms with E-state index in [1.54, 1.807) is 73.7 Å². The molecule has 0 aliphatic rings. The number of aromatic nitrogens is 1. The average Bonchev–Trinajstić information content (AvgIpc) is 3.07. The van der Waals surface area contributed by atoms with Crippen molar-refractivity contribution in [1.29, 1.82) is 0 Å². The van der Waals surface area contributed by atoms with Gasteiger partial charge in [-0.25, -0.2) is 9.78 Å². The summed E-state index contributed by atoms with van der Waals surface area (Å²) < 4.78 is 29.2. The smallest absolute Gasteiger partial charge is 0.491 e. The molecular weight excluding hydrogens is 586 g/mol. The van der Waals surface area contributed by atoms with Gasteiger partial charge >= 0.3 is 18.2 Å². The molecular formula is C33H29NO11. The first-order valence-corrected chi connectivity index (χ1v) is 13.7. The Bertz CT molecular complexity index is 1700. The van der Waals surface area contributed by atoms with Gasteiger partial charge in [-0.05, 0) is 47.5 Å². The molecule has 1 unspecified atom stereocenters. The Morgan fingerprint density at radius 2 is 1.53 bits per heavy atom. The van der Waals surface area contributed by atoms with E-state index in [0.717, 1.165) is 10.8 Å². The molecule has 0 amide bonds. The third kappa shape index (κ3) is 8.09. The van der Waals surface area contributed by atoms with Gasteiger partial charge in [-0.3, -0.25) is 9.62 Å². The van der Waals surface area contributed by atoms with Crippen LogP contribution < -0.4 is 23.8 Å². The summed E-state index contributed by atoms with van der Waals surface area (Å²) in [7, 11) is 1.44. The number of para-hydroxylation sites is 1. The van der Waals surface area contributed by atoms with Crippen LogP contribution >= 0.6 is 0 Å². The Morgan fingerprint density at radius 3 is 2.24 bits per heavy atom. The molecule has 0 spiro atoms. The largest absolute Gasteiger partial charge is 0.538 e. The number of fused-ring (bicyclic) bond motifs is 1. The molecule has 0 fully saturated rings. The normalized spacial score (nSPS) is 12.1. The van der Waals surface area contributed by atoms with E-state index in [1.165, 1.54) is 13.3 Å². The molecule has 232 valence electrons. The van der Waals surface area contributed by atoms with E-state index in [1.807, 2.05) is 36.4 Å². The van der Waals surface area contributed by atoms with E-state index in [2.05, 4.69) is 9.87 Å². The lowest BCUT2D eigenvalue weighted by molar-refractivity contribution is -0.607. The highest BCUT2D eigenvalue weighted by Crippen LogP contribution is 2.45. The van der Waals surface area contributed by atoms with Crippen molar-refractivity contribution in [3.8, 4) is 34.6 Å². The van der Waals surface area contributed by atoms with Crippen LogP contribution in [0.4, 0.5) is 4.79 Å². The standard InChI is InChI=1S/C33H29NO11/c1-3-38-29-28(37-2)21-34-31(30(29)40-26-16-8-5-9-17-26)42-44-33(45-43-32(35)36,39-22-23-12-6-4-7-13-23)41-27-19-18-24-14-10-11-15-25(24)20-27/h4-21H,3,22H2,1-2H3,(H,35,36). The highest BCUT2D eigenvalue weighted by molar-refractivity contribution is 5.83. The number of pyridine rings is 1. The minimum Gasteiger partial charge on any atom is -0.491 e. The molecule has 1 aromatic heterocycles. The summed E-state index contributed by atoms with van der Waals surface area (Å²) in [5, 5.41) is 11.0. The zero-order chi connectivity index (χ0) is 31.5. The second kappa shape index (κ2) is 14.8.